The lowest BCUT2D eigenvalue weighted by Gasteiger charge is -2.24. The molecule has 0 atom stereocenters. The minimum absolute atomic E-state index is 0.0748. The van der Waals surface area contributed by atoms with E-state index in [0.29, 0.717) is 24.0 Å². The van der Waals surface area contributed by atoms with E-state index in [1.807, 2.05) is 0 Å². The summed E-state index contributed by atoms with van der Waals surface area (Å²) >= 11 is 0. The molecule has 0 spiro atoms. The third-order valence-corrected chi connectivity index (χ3v) is 4.64. The normalized spacial score (nSPS) is 18.9. The molecule has 0 unspecified atom stereocenters. The van der Waals surface area contributed by atoms with Crippen molar-refractivity contribution in [2.45, 2.75) is 30.6 Å². The number of fused-ring (bicyclic) bond motifs is 1. The van der Waals surface area contributed by atoms with Gasteiger partial charge in [-0.15, -0.1) is 0 Å². The van der Waals surface area contributed by atoms with Crippen LogP contribution < -0.4 is 0 Å². The summed E-state index contributed by atoms with van der Waals surface area (Å²) in [6, 6.07) is 3.54. The highest BCUT2D eigenvalue weighted by Gasteiger charge is 2.33. The molecule has 20 heavy (non-hydrogen) atoms. The zero-order chi connectivity index (χ0) is 14.5. The van der Waals surface area contributed by atoms with Crippen molar-refractivity contribution in [2.24, 2.45) is 0 Å². The van der Waals surface area contributed by atoms with Gasteiger partial charge < -0.3 is 0 Å². The SMILES string of the molecule is O=C1C2=C(CCCC2)C(=O)c2cc(S(=O)(=O)O)ccc21. The molecule has 1 aromatic carbocycles. The fraction of sp³-hybridized carbons (Fsp3) is 0.286. The van der Waals surface area contributed by atoms with Gasteiger partial charge in [-0.25, -0.2) is 0 Å². The number of ketones is 2. The van der Waals surface area contributed by atoms with Crippen LogP contribution >= 0.6 is 0 Å². The first-order valence-electron chi connectivity index (χ1n) is 6.32. The van der Waals surface area contributed by atoms with Gasteiger partial charge in [0.05, 0.1) is 4.90 Å². The summed E-state index contributed by atoms with van der Waals surface area (Å²) in [5.41, 5.74) is 1.36. The molecule has 104 valence electrons. The summed E-state index contributed by atoms with van der Waals surface area (Å²) in [5.74, 6) is -0.490. The predicted molar refractivity (Wildman–Crippen MR) is 70.4 cm³/mol. The Balaban J connectivity index is 2.21. The van der Waals surface area contributed by atoms with Gasteiger partial charge in [0.2, 0.25) is 0 Å². The number of rotatable bonds is 1. The van der Waals surface area contributed by atoms with E-state index >= 15 is 0 Å². The third-order valence-electron chi connectivity index (χ3n) is 3.79. The van der Waals surface area contributed by atoms with E-state index in [9.17, 15) is 18.0 Å². The Labute approximate surface area is 116 Å². The van der Waals surface area contributed by atoms with Crippen LogP contribution in [0.25, 0.3) is 0 Å². The van der Waals surface area contributed by atoms with E-state index in [-0.39, 0.29) is 27.6 Å². The van der Waals surface area contributed by atoms with Gasteiger partial charge in [-0.3, -0.25) is 14.1 Å². The number of hydrogen-bond acceptors (Lipinski definition) is 4. The number of hydrogen-bond donors (Lipinski definition) is 1. The number of carbonyl (C=O) groups excluding carboxylic acids is 2. The Hall–Kier alpha value is -1.79. The van der Waals surface area contributed by atoms with Gasteiger partial charge in [-0.1, -0.05) is 0 Å². The molecular formula is C14H12O5S. The Morgan fingerprint density at radius 2 is 1.45 bits per heavy atom. The largest absolute Gasteiger partial charge is 0.294 e. The number of carbonyl (C=O) groups is 2. The Kier molecular flexibility index (Phi) is 2.88. The summed E-state index contributed by atoms with van der Waals surface area (Å²) < 4.78 is 31.3. The lowest BCUT2D eigenvalue weighted by atomic mass is 9.77. The molecule has 1 aromatic rings. The van der Waals surface area contributed by atoms with Gasteiger partial charge in [0.15, 0.2) is 11.6 Å². The number of Topliss-reactive ketones (excluding diaryl/α,β-unsaturated/α-hetero) is 2. The second kappa shape index (κ2) is 4.36. The number of benzene rings is 1. The van der Waals surface area contributed by atoms with E-state index in [2.05, 4.69) is 0 Å². The molecule has 2 aliphatic rings. The van der Waals surface area contributed by atoms with Crippen molar-refractivity contribution in [1.29, 1.82) is 0 Å². The Bertz CT molecular complexity index is 771. The first-order chi connectivity index (χ1) is 9.39. The van der Waals surface area contributed by atoms with Crippen molar-refractivity contribution < 1.29 is 22.6 Å². The lowest BCUT2D eigenvalue weighted by Crippen LogP contribution is -2.24. The molecule has 0 heterocycles. The molecule has 0 aromatic heterocycles. The van der Waals surface area contributed by atoms with Crippen LogP contribution in [-0.2, 0) is 10.1 Å². The second-order valence-corrected chi connectivity index (χ2v) is 6.43. The van der Waals surface area contributed by atoms with E-state index in [1.54, 1.807) is 0 Å². The van der Waals surface area contributed by atoms with Crippen molar-refractivity contribution in [3.05, 3.63) is 40.5 Å². The quantitative estimate of drug-likeness (QED) is 0.801. The molecule has 0 saturated heterocycles. The zero-order valence-corrected chi connectivity index (χ0v) is 11.4. The van der Waals surface area contributed by atoms with E-state index in [0.717, 1.165) is 25.0 Å². The fourth-order valence-corrected chi connectivity index (χ4v) is 3.31. The molecule has 0 amide bonds. The molecule has 2 aliphatic carbocycles. The van der Waals surface area contributed by atoms with Crippen LogP contribution in [-0.4, -0.2) is 24.5 Å². The first kappa shape index (κ1) is 13.2. The average molecular weight is 292 g/mol. The first-order valence-corrected chi connectivity index (χ1v) is 7.76. The van der Waals surface area contributed by atoms with Crippen molar-refractivity contribution >= 4 is 21.7 Å². The summed E-state index contributed by atoms with van der Waals surface area (Å²) in [5, 5.41) is 0. The predicted octanol–water partition coefficient (Wildman–Crippen LogP) is 2.18. The van der Waals surface area contributed by atoms with E-state index in [1.165, 1.54) is 6.07 Å². The Morgan fingerprint density at radius 1 is 0.900 bits per heavy atom. The van der Waals surface area contributed by atoms with Crippen LogP contribution in [0.4, 0.5) is 0 Å². The topological polar surface area (TPSA) is 88.5 Å². The highest BCUT2D eigenvalue weighted by Crippen LogP contribution is 2.35. The third kappa shape index (κ3) is 1.92. The molecule has 0 fully saturated rings. The van der Waals surface area contributed by atoms with Crippen LogP contribution in [0.5, 0.6) is 0 Å². The smallest absolute Gasteiger partial charge is 0.289 e. The summed E-state index contributed by atoms with van der Waals surface area (Å²) in [7, 11) is -4.39. The second-order valence-electron chi connectivity index (χ2n) is 5.00. The summed E-state index contributed by atoms with van der Waals surface area (Å²) in [6.07, 6.45) is 2.89. The molecule has 5 nitrogen and oxygen atoms in total. The molecular weight excluding hydrogens is 280 g/mol. The van der Waals surface area contributed by atoms with Crippen LogP contribution in [0.15, 0.2) is 34.2 Å². The van der Waals surface area contributed by atoms with Crippen LogP contribution in [0.2, 0.25) is 0 Å². The van der Waals surface area contributed by atoms with Gasteiger partial charge in [-0.05, 0) is 43.9 Å². The van der Waals surface area contributed by atoms with Gasteiger partial charge in [0.1, 0.15) is 0 Å². The van der Waals surface area contributed by atoms with Gasteiger partial charge in [0.25, 0.3) is 10.1 Å². The molecule has 0 radical (unpaired) electrons. The van der Waals surface area contributed by atoms with Crippen molar-refractivity contribution in [3.63, 3.8) is 0 Å². The minimum atomic E-state index is -4.39. The van der Waals surface area contributed by atoms with Crippen LogP contribution in [0, 0.1) is 0 Å². The average Bonchev–Trinajstić information content (AvgIpc) is 2.43. The van der Waals surface area contributed by atoms with Crippen molar-refractivity contribution in [2.75, 3.05) is 0 Å². The van der Waals surface area contributed by atoms with Gasteiger partial charge >= 0.3 is 0 Å². The minimum Gasteiger partial charge on any atom is -0.289 e. The molecule has 0 bridgehead atoms. The molecule has 6 heteroatoms. The maximum atomic E-state index is 12.4. The van der Waals surface area contributed by atoms with Crippen molar-refractivity contribution in [1.82, 2.24) is 0 Å². The molecule has 0 saturated carbocycles. The Morgan fingerprint density at radius 3 is 2.00 bits per heavy atom. The van der Waals surface area contributed by atoms with Crippen LogP contribution in [0.3, 0.4) is 0 Å². The molecule has 3 rings (SSSR count). The fourth-order valence-electron chi connectivity index (χ4n) is 2.80. The van der Waals surface area contributed by atoms with E-state index in [4.69, 9.17) is 4.55 Å². The zero-order valence-electron chi connectivity index (χ0n) is 10.5. The lowest BCUT2D eigenvalue weighted by molar-refractivity contribution is 0.0964. The van der Waals surface area contributed by atoms with Crippen molar-refractivity contribution in [3.8, 4) is 0 Å². The number of allylic oxidation sites excluding steroid dienone is 2. The standard InChI is InChI=1S/C14H12O5S/c15-13-9-3-1-2-4-10(9)14(16)12-7-8(20(17,18)19)5-6-11(12)13/h5-7H,1-4H2,(H,17,18,19). The summed E-state index contributed by atoms with van der Waals surface area (Å²) in [6.45, 7) is 0. The van der Waals surface area contributed by atoms with E-state index < -0.39 is 10.1 Å². The molecule has 0 aliphatic heterocycles. The maximum absolute atomic E-state index is 12.4. The highest BCUT2D eigenvalue weighted by molar-refractivity contribution is 7.85. The van der Waals surface area contributed by atoms with Crippen LogP contribution in [0.1, 0.15) is 46.4 Å². The molecule has 1 N–H and O–H groups in total. The maximum Gasteiger partial charge on any atom is 0.294 e. The highest BCUT2D eigenvalue weighted by atomic mass is 32.2. The monoisotopic (exact) mass is 292 g/mol. The summed E-state index contributed by atoms with van der Waals surface area (Å²) in [4.78, 5) is 24.4. The van der Waals surface area contributed by atoms with Gasteiger partial charge in [0, 0.05) is 22.3 Å². The van der Waals surface area contributed by atoms with Gasteiger partial charge in [-0.2, -0.15) is 8.42 Å².